The van der Waals surface area contributed by atoms with E-state index in [1.54, 1.807) is 23.9 Å². The van der Waals surface area contributed by atoms with Gasteiger partial charge in [-0.2, -0.15) is 11.8 Å². The van der Waals surface area contributed by atoms with Crippen molar-refractivity contribution in [2.75, 3.05) is 5.75 Å². The van der Waals surface area contributed by atoms with E-state index in [1.165, 1.54) is 6.07 Å². The minimum absolute atomic E-state index is 0.267. The molecular formula is C12H17ClFNS. The fourth-order valence-corrected chi connectivity index (χ4v) is 2.39. The van der Waals surface area contributed by atoms with Crippen LogP contribution in [0, 0.1) is 5.82 Å². The van der Waals surface area contributed by atoms with E-state index in [9.17, 15) is 4.39 Å². The lowest BCUT2D eigenvalue weighted by molar-refractivity contribution is 0.595. The molecule has 4 heteroatoms. The summed E-state index contributed by atoms with van der Waals surface area (Å²) in [7, 11) is 0. The van der Waals surface area contributed by atoms with Crippen LogP contribution in [0.2, 0.25) is 5.02 Å². The Bertz CT molecular complexity index is 346. The zero-order chi connectivity index (χ0) is 12.1. The molecule has 16 heavy (non-hydrogen) atoms. The van der Waals surface area contributed by atoms with Crippen LogP contribution in [0.4, 0.5) is 4.39 Å². The van der Waals surface area contributed by atoms with Gasteiger partial charge in [0.1, 0.15) is 5.82 Å². The van der Waals surface area contributed by atoms with Crippen molar-refractivity contribution in [1.29, 1.82) is 0 Å². The Morgan fingerprint density at radius 1 is 1.50 bits per heavy atom. The van der Waals surface area contributed by atoms with Crippen LogP contribution >= 0.6 is 23.4 Å². The monoisotopic (exact) mass is 261 g/mol. The van der Waals surface area contributed by atoms with Crippen LogP contribution in [0.15, 0.2) is 18.2 Å². The highest BCUT2D eigenvalue weighted by molar-refractivity contribution is 7.99. The van der Waals surface area contributed by atoms with Crippen LogP contribution in [0.5, 0.6) is 0 Å². The Morgan fingerprint density at radius 2 is 2.19 bits per heavy atom. The summed E-state index contributed by atoms with van der Waals surface area (Å²) in [6.45, 7) is 4.28. The first-order chi connectivity index (χ1) is 7.54. The molecule has 0 saturated carbocycles. The highest BCUT2D eigenvalue weighted by Gasteiger charge is 2.13. The predicted molar refractivity (Wildman–Crippen MR) is 70.5 cm³/mol. The largest absolute Gasteiger partial charge is 0.323 e. The van der Waals surface area contributed by atoms with Crippen LogP contribution in [0.25, 0.3) is 0 Å². The summed E-state index contributed by atoms with van der Waals surface area (Å²) in [5.41, 5.74) is 6.49. The molecule has 1 aromatic carbocycles. The molecule has 0 aromatic heterocycles. The van der Waals surface area contributed by atoms with Crippen molar-refractivity contribution in [3.05, 3.63) is 34.6 Å². The van der Waals surface area contributed by atoms with Crippen molar-refractivity contribution in [1.82, 2.24) is 0 Å². The summed E-state index contributed by atoms with van der Waals surface area (Å²) in [6, 6.07) is 4.38. The maximum absolute atomic E-state index is 13.5. The molecule has 0 spiro atoms. The van der Waals surface area contributed by atoms with Crippen LogP contribution in [0.3, 0.4) is 0 Å². The molecule has 0 amide bonds. The number of benzene rings is 1. The molecule has 0 bridgehead atoms. The summed E-state index contributed by atoms with van der Waals surface area (Å²) < 4.78 is 13.5. The lowest BCUT2D eigenvalue weighted by Crippen LogP contribution is -2.16. The average molecular weight is 262 g/mol. The third kappa shape index (κ3) is 3.96. The molecule has 90 valence electrons. The summed E-state index contributed by atoms with van der Waals surface area (Å²) >= 11 is 7.45. The fourth-order valence-electron chi connectivity index (χ4n) is 1.28. The van der Waals surface area contributed by atoms with Crippen molar-refractivity contribution in [2.45, 2.75) is 31.6 Å². The van der Waals surface area contributed by atoms with Gasteiger partial charge in [-0.05, 0) is 18.6 Å². The SMILES string of the molecule is CCC(C)SCC(N)c1ccc(Cl)cc1F. The molecule has 2 N–H and O–H groups in total. The van der Waals surface area contributed by atoms with Crippen LogP contribution in [0.1, 0.15) is 31.9 Å². The number of hydrogen-bond donors (Lipinski definition) is 1. The first-order valence-corrected chi connectivity index (χ1v) is 6.79. The van der Waals surface area contributed by atoms with Gasteiger partial charge >= 0.3 is 0 Å². The number of rotatable bonds is 5. The average Bonchev–Trinajstić information content (AvgIpc) is 2.25. The van der Waals surface area contributed by atoms with Crippen LogP contribution < -0.4 is 5.73 Å². The van der Waals surface area contributed by atoms with Gasteiger partial charge in [-0.3, -0.25) is 0 Å². The van der Waals surface area contributed by atoms with E-state index in [0.717, 1.165) is 12.2 Å². The molecule has 0 aliphatic rings. The van der Waals surface area contributed by atoms with Gasteiger partial charge in [0.05, 0.1) is 0 Å². The van der Waals surface area contributed by atoms with E-state index < -0.39 is 0 Å². The van der Waals surface area contributed by atoms with E-state index in [-0.39, 0.29) is 11.9 Å². The first kappa shape index (κ1) is 13.8. The number of thioether (sulfide) groups is 1. The van der Waals surface area contributed by atoms with Gasteiger partial charge in [-0.1, -0.05) is 31.5 Å². The van der Waals surface area contributed by atoms with Crippen LogP contribution in [-0.2, 0) is 0 Å². The van der Waals surface area contributed by atoms with Crippen molar-refractivity contribution >= 4 is 23.4 Å². The van der Waals surface area contributed by atoms with Crippen LogP contribution in [-0.4, -0.2) is 11.0 Å². The Labute approximate surface area is 106 Å². The smallest absolute Gasteiger partial charge is 0.129 e. The van der Waals surface area contributed by atoms with Gasteiger partial charge in [0.15, 0.2) is 0 Å². The highest BCUT2D eigenvalue weighted by atomic mass is 35.5. The van der Waals surface area contributed by atoms with Gasteiger partial charge < -0.3 is 5.73 Å². The third-order valence-electron chi connectivity index (χ3n) is 2.50. The van der Waals surface area contributed by atoms with E-state index in [0.29, 0.717) is 15.8 Å². The molecular weight excluding hydrogens is 245 g/mol. The quantitative estimate of drug-likeness (QED) is 0.867. The molecule has 0 saturated heterocycles. The first-order valence-electron chi connectivity index (χ1n) is 5.36. The van der Waals surface area contributed by atoms with Crippen molar-refractivity contribution < 1.29 is 4.39 Å². The van der Waals surface area contributed by atoms with Crippen molar-refractivity contribution in [3.8, 4) is 0 Å². The fraction of sp³-hybridized carbons (Fsp3) is 0.500. The maximum atomic E-state index is 13.5. The summed E-state index contributed by atoms with van der Waals surface area (Å²) in [4.78, 5) is 0. The summed E-state index contributed by atoms with van der Waals surface area (Å²) in [5.74, 6) is 0.415. The molecule has 0 heterocycles. The molecule has 2 unspecified atom stereocenters. The molecule has 0 radical (unpaired) electrons. The van der Waals surface area contributed by atoms with E-state index in [4.69, 9.17) is 17.3 Å². The van der Waals surface area contributed by atoms with Gasteiger partial charge in [-0.15, -0.1) is 0 Å². The zero-order valence-corrected chi connectivity index (χ0v) is 11.1. The third-order valence-corrected chi connectivity index (χ3v) is 4.19. The number of nitrogens with two attached hydrogens (primary N) is 1. The van der Waals surface area contributed by atoms with Gasteiger partial charge in [-0.25, -0.2) is 4.39 Å². The lowest BCUT2D eigenvalue weighted by atomic mass is 10.1. The highest BCUT2D eigenvalue weighted by Crippen LogP contribution is 2.24. The number of hydrogen-bond acceptors (Lipinski definition) is 2. The Morgan fingerprint density at radius 3 is 2.75 bits per heavy atom. The Hall–Kier alpha value is -0.250. The van der Waals surface area contributed by atoms with E-state index >= 15 is 0 Å². The molecule has 0 aliphatic heterocycles. The molecule has 1 aromatic rings. The summed E-state index contributed by atoms with van der Waals surface area (Å²) in [6.07, 6.45) is 1.10. The minimum Gasteiger partial charge on any atom is -0.323 e. The van der Waals surface area contributed by atoms with E-state index in [2.05, 4.69) is 13.8 Å². The summed E-state index contributed by atoms with van der Waals surface area (Å²) in [5, 5.41) is 0.962. The molecule has 0 aliphatic carbocycles. The Balaban J connectivity index is 2.62. The van der Waals surface area contributed by atoms with Gasteiger partial charge in [0.2, 0.25) is 0 Å². The minimum atomic E-state index is -0.315. The molecule has 1 nitrogen and oxygen atoms in total. The molecule has 0 fully saturated rings. The van der Waals surface area contributed by atoms with Gasteiger partial charge in [0.25, 0.3) is 0 Å². The van der Waals surface area contributed by atoms with E-state index in [1.807, 2.05) is 0 Å². The maximum Gasteiger partial charge on any atom is 0.129 e. The van der Waals surface area contributed by atoms with Gasteiger partial charge in [0, 0.05) is 27.6 Å². The zero-order valence-electron chi connectivity index (χ0n) is 9.54. The van der Waals surface area contributed by atoms with Crippen molar-refractivity contribution in [3.63, 3.8) is 0 Å². The lowest BCUT2D eigenvalue weighted by Gasteiger charge is -2.15. The van der Waals surface area contributed by atoms with Crippen molar-refractivity contribution in [2.24, 2.45) is 5.73 Å². The standard InChI is InChI=1S/C12H17ClFNS/c1-3-8(2)16-7-12(15)10-5-4-9(13)6-11(10)14/h4-6,8,12H,3,7,15H2,1-2H3. The topological polar surface area (TPSA) is 26.0 Å². The normalized spacial score (nSPS) is 14.8. The molecule has 1 rings (SSSR count). The second-order valence-electron chi connectivity index (χ2n) is 3.82. The Kier molecular flexibility index (Phi) is 5.59. The predicted octanol–water partition coefficient (Wildman–Crippen LogP) is 4.01. The second kappa shape index (κ2) is 6.48. The second-order valence-corrected chi connectivity index (χ2v) is 5.73. The molecule has 2 atom stereocenters. The number of halogens is 2.